The topological polar surface area (TPSA) is 51.9 Å². The third kappa shape index (κ3) is 3.67. The molecule has 0 aliphatic carbocycles. The predicted octanol–water partition coefficient (Wildman–Crippen LogP) is 4.02. The Labute approximate surface area is 182 Å². The standard InChI is InChI=1S/C26H26N4O/c1-17-23(19(3)29(5)28-17)15-14-20-10-9-11-21-16-24(18(2)27-4)30(26(31)25(20)21)22-12-7-6-8-13-22/h6-13,16,18,27H,1-5H3. The molecule has 0 aliphatic heterocycles. The number of fused-ring (bicyclic) bond motifs is 1. The summed E-state index contributed by atoms with van der Waals surface area (Å²) >= 11 is 0. The number of para-hydroxylation sites is 1. The Kier molecular flexibility index (Phi) is 5.50. The van der Waals surface area contributed by atoms with Crippen molar-refractivity contribution >= 4 is 10.8 Å². The molecule has 31 heavy (non-hydrogen) atoms. The number of hydrogen-bond acceptors (Lipinski definition) is 3. The van der Waals surface area contributed by atoms with Gasteiger partial charge in [-0.3, -0.25) is 14.0 Å². The van der Waals surface area contributed by atoms with Crippen molar-refractivity contribution in [1.82, 2.24) is 19.7 Å². The third-order valence-electron chi connectivity index (χ3n) is 5.80. The van der Waals surface area contributed by atoms with Gasteiger partial charge in [-0.1, -0.05) is 42.2 Å². The van der Waals surface area contributed by atoms with Crippen LogP contribution >= 0.6 is 0 Å². The van der Waals surface area contributed by atoms with Gasteiger partial charge in [0, 0.05) is 30.0 Å². The van der Waals surface area contributed by atoms with Crippen molar-refractivity contribution in [1.29, 1.82) is 0 Å². The number of benzene rings is 2. The lowest BCUT2D eigenvalue weighted by molar-refractivity contribution is 0.612. The zero-order valence-electron chi connectivity index (χ0n) is 18.5. The van der Waals surface area contributed by atoms with Gasteiger partial charge in [0.25, 0.3) is 5.56 Å². The van der Waals surface area contributed by atoms with Gasteiger partial charge in [0.15, 0.2) is 0 Å². The quantitative estimate of drug-likeness (QED) is 0.519. The van der Waals surface area contributed by atoms with Gasteiger partial charge in [-0.15, -0.1) is 0 Å². The molecule has 0 bridgehead atoms. The van der Waals surface area contributed by atoms with Crippen molar-refractivity contribution in [3.63, 3.8) is 0 Å². The summed E-state index contributed by atoms with van der Waals surface area (Å²) in [5.74, 6) is 6.50. The lowest BCUT2D eigenvalue weighted by Crippen LogP contribution is -2.27. The maximum Gasteiger partial charge on any atom is 0.264 e. The fourth-order valence-electron chi connectivity index (χ4n) is 3.88. The summed E-state index contributed by atoms with van der Waals surface area (Å²) in [6, 6.07) is 17.7. The molecule has 1 atom stereocenters. The molecule has 5 nitrogen and oxygen atoms in total. The van der Waals surface area contributed by atoms with Gasteiger partial charge in [-0.05, 0) is 57.5 Å². The SMILES string of the molecule is CNC(C)c1cc2cccc(C#Cc3c(C)nn(C)c3C)c2c(=O)n1-c1ccccc1. The third-order valence-corrected chi connectivity index (χ3v) is 5.80. The summed E-state index contributed by atoms with van der Waals surface area (Å²) in [5, 5.41) is 9.22. The summed E-state index contributed by atoms with van der Waals surface area (Å²) < 4.78 is 3.62. The highest BCUT2D eigenvalue weighted by Gasteiger charge is 2.17. The monoisotopic (exact) mass is 410 g/mol. The highest BCUT2D eigenvalue weighted by atomic mass is 16.1. The van der Waals surface area contributed by atoms with Gasteiger partial charge in [0.2, 0.25) is 0 Å². The normalized spacial score (nSPS) is 11.9. The molecule has 2 aromatic carbocycles. The van der Waals surface area contributed by atoms with E-state index in [-0.39, 0.29) is 11.6 Å². The van der Waals surface area contributed by atoms with Crippen LogP contribution in [0.1, 0.15) is 41.2 Å². The number of pyridine rings is 1. The first-order chi connectivity index (χ1) is 14.9. The molecule has 1 N–H and O–H groups in total. The van der Waals surface area contributed by atoms with Crippen molar-refractivity contribution < 1.29 is 0 Å². The first kappa shape index (κ1) is 20.6. The fourth-order valence-corrected chi connectivity index (χ4v) is 3.88. The molecule has 0 spiro atoms. The molecule has 0 saturated carbocycles. The van der Waals surface area contributed by atoms with Gasteiger partial charge in [0.1, 0.15) is 0 Å². The number of nitrogens with zero attached hydrogens (tertiary/aromatic N) is 3. The van der Waals surface area contributed by atoms with Crippen LogP contribution in [0.25, 0.3) is 16.5 Å². The van der Waals surface area contributed by atoms with Crippen molar-refractivity contribution in [2.24, 2.45) is 7.05 Å². The average molecular weight is 411 g/mol. The van der Waals surface area contributed by atoms with Gasteiger partial charge in [-0.2, -0.15) is 5.10 Å². The van der Waals surface area contributed by atoms with Crippen LogP contribution in [0.2, 0.25) is 0 Å². The number of rotatable bonds is 3. The Morgan fingerprint density at radius 1 is 1.03 bits per heavy atom. The maximum atomic E-state index is 13.8. The van der Waals surface area contributed by atoms with Crippen molar-refractivity contribution in [3.05, 3.63) is 93.2 Å². The van der Waals surface area contributed by atoms with E-state index < -0.39 is 0 Å². The van der Waals surface area contributed by atoms with Gasteiger partial charge in [-0.25, -0.2) is 0 Å². The molecule has 0 aliphatic rings. The Morgan fingerprint density at radius 3 is 2.42 bits per heavy atom. The van der Waals surface area contributed by atoms with Crippen LogP contribution in [0.15, 0.2) is 59.4 Å². The number of aromatic nitrogens is 3. The summed E-state index contributed by atoms with van der Waals surface area (Å²) in [7, 11) is 3.81. The Balaban J connectivity index is 2.01. The minimum atomic E-state index is -0.0645. The van der Waals surface area contributed by atoms with Crippen LogP contribution < -0.4 is 10.9 Å². The smallest absolute Gasteiger partial charge is 0.264 e. The highest BCUT2D eigenvalue weighted by Crippen LogP contribution is 2.23. The number of aryl methyl sites for hydroxylation is 2. The van der Waals surface area contributed by atoms with E-state index in [4.69, 9.17) is 0 Å². The number of nitrogens with one attached hydrogen (secondary N) is 1. The molecular weight excluding hydrogens is 384 g/mol. The molecule has 0 fully saturated rings. The molecule has 5 heteroatoms. The molecule has 156 valence electrons. The van der Waals surface area contributed by atoms with E-state index in [9.17, 15) is 4.79 Å². The molecule has 2 heterocycles. The number of hydrogen-bond donors (Lipinski definition) is 1. The Morgan fingerprint density at radius 2 is 1.77 bits per heavy atom. The molecule has 4 rings (SSSR count). The second-order valence-corrected chi connectivity index (χ2v) is 7.74. The summed E-state index contributed by atoms with van der Waals surface area (Å²) in [4.78, 5) is 13.8. The van der Waals surface area contributed by atoms with Gasteiger partial charge >= 0.3 is 0 Å². The average Bonchev–Trinajstić information content (AvgIpc) is 3.02. The van der Waals surface area contributed by atoms with Crippen molar-refractivity contribution in [2.45, 2.75) is 26.8 Å². The van der Waals surface area contributed by atoms with E-state index in [1.54, 1.807) is 4.57 Å². The molecule has 0 amide bonds. The van der Waals surface area contributed by atoms with E-state index in [0.717, 1.165) is 39.3 Å². The lowest BCUT2D eigenvalue weighted by Gasteiger charge is -2.19. The lowest BCUT2D eigenvalue weighted by atomic mass is 10.0. The zero-order valence-corrected chi connectivity index (χ0v) is 18.5. The second kappa shape index (κ2) is 8.25. The minimum Gasteiger partial charge on any atom is -0.312 e. The zero-order chi connectivity index (χ0) is 22.1. The van der Waals surface area contributed by atoms with Crippen LogP contribution in [0.5, 0.6) is 0 Å². The minimum absolute atomic E-state index is 0.00717. The summed E-state index contributed by atoms with van der Waals surface area (Å²) in [6.45, 7) is 6.01. The van der Waals surface area contributed by atoms with Gasteiger partial charge in [0.05, 0.1) is 22.3 Å². The first-order valence-corrected chi connectivity index (χ1v) is 10.4. The van der Waals surface area contributed by atoms with Crippen LogP contribution in [0.4, 0.5) is 0 Å². The van der Waals surface area contributed by atoms with E-state index >= 15 is 0 Å². The van der Waals surface area contributed by atoms with Crippen LogP contribution in [0, 0.1) is 25.7 Å². The second-order valence-electron chi connectivity index (χ2n) is 7.74. The van der Waals surface area contributed by atoms with E-state index in [2.05, 4.69) is 35.2 Å². The Bertz CT molecular complexity index is 1380. The van der Waals surface area contributed by atoms with Crippen molar-refractivity contribution in [3.8, 4) is 17.5 Å². The maximum absolute atomic E-state index is 13.8. The Hall–Kier alpha value is -3.62. The molecule has 0 radical (unpaired) electrons. The predicted molar refractivity (Wildman–Crippen MR) is 126 cm³/mol. The van der Waals surface area contributed by atoms with Crippen LogP contribution in [0.3, 0.4) is 0 Å². The molecule has 4 aromatic rings. The molecular formula is C26H26N4O. The summed E-state index contributed by atoms with van der Waals surface area (Å²) in [5.41, 5.74) is 5.22. The fraction of sp³-hybridized carbons (Fsp3) is 0.231. The van der Waals surface area contributed by atoms with Crippen LogP contribution in [-0.4, -0.2) is 21.4 Å². The first-order valence-electron chi connectivity index (χ1n) is 10.4. The molecule has 1 unspecified atom stereocenters. The van der Waals surface area contributed by atoms with Crippen LogP contribution in [-0.2, 0) is 7.05 Å². The molecule has 0 saturated heterocycles. The van der Waals surface area contributed by atoms with Crippen molar-refractivity contribution in [2.75, 3.05) is 7.05 Å². The molecule has 2 aromatic heterocycles. The van der Waals surface area contributed by atoms with E-state index in [1.807, 2.05) is 81.2 Å². The largest absolute Gasteiger partial charge is 0.312 e. The van der Waals surface area contributed by atoms with E-state index in [1.165, 1.54) is 0 Å². The highest BCUT2D eigenvalue weighted by molar-refractivity contribution is 5.88. The summed E-state index contributed by atoms with van der Waals surface area (Å²) in [6.07, 6.45) is 0. The van der Waals surface area contributed by atoms with Gasteiger partial charge < -0.3 is 5.32 Å². The van der Waals surface area contributed by atoms with E-state index in [0.29, 0.717) is 5.39 Å².